The molecule has 0 fully saturated rings. The average Bonchev–Trinajstić information content (AvgIpc) is 2.76. The third-order valence-electron chi connectivity index (χ3n) is 2.12. The van der Waals surface area contributed by atoms with Gasteiger partial charge < -0.3 is 0 Å². The first kappa shape index (κ1) is 10.2. The van der Waals surface area contributed by atoms with Crippen molar-refractivity contribution in [3.05, 3.63) is 42.4 Å². The van der Waals surface area contributed by atoms with E-state index in [-0.39, 0.29) is 0 Å². The molecule has 2 aromatic rings. The van der Waals surface area contributed by atoms with Gasteiger partial charge in [0, 0.05) is 18.3 Å². The summed E-state index contributed by atoms with van der Waals surface area (Å²) >= 11 is 5.64. The molecule has 2 aromatic heterocycles. The van der Waals surface area contributed by atoms with Crippen LogP contribution < -0.4 is 0 Å². The van der Waals surface area contributed by atoms with Gasteiger partial charge in [-0.1, -0.05) is 6.07 Å². The van der Waals surface area contributed by atoms with E-state index in [0.717, 1.165) is 18.7 Å². The third kappa shape index (κ3) is 2.57. The molecule has 0 atom stereocenters. The Morgan fingerprint density at radius 1 is 1.33 bits per heavy atom. The Labute approximate surface area is 93.7 Å². The molecule has 0 radical (unpaired) electrons. The predicted molar refractivity (Wildman–Crippen MR) is 60.4 cm³/mol. The zero-order valence-electron chi connectivity index (χ0n) is 8.31. The van der Waals surface area contributed by atoms with Crippen molar-refractivity contribution in [1.82, 2.24) is 14.8 Å². The molecule has 0 N–H and O–H groups in total. The van der Waals surface area contributed by atoms with Gasteiger partial charge in [-0.25, -0.2) is 9.67 Å². The lowest BCUT2D eigenvalue weighted by Crippen LogP contribution is -1.96. The van der Waals surface area contributed by atoms with Crippen LogP contribution in [0.3, 0.4) is 0 Å². The Morgan fingerprint density at radius 2 is 2.27 bits per heavy atom. The zero-order valence-corrected chi connectivity index (χ0v) is 9.06. The molecule has 0 aliphatic heterocycles. The molecule has 0 spiro atoms. The lowest BCUT2D eigenvalue weighted by atomic mass is 10.2. The van der Waals surface area contributed by atoms with Crippen LogP contribution in [0.1, 0.15) is 12.0 Å². The summed E-state index contributed by atoms with van der Waals surface area (Å²) in [4.78, 5) is 4.22. The van der Waals surface area contributed by atoms with Gasteiger partial charge in [0.1, 0.15) is 0 Å². The largest absolute Gasteiger partial charge is 0.237 e. The van der Waals surface area contributed by atoms with Crippen LogP contribution in [0, 0.1) is 0 Å². The highest BCUT2D eigenvalue weighted by Crippen LogP contribution is 2.07. The number of nitrogens with zero attached hydrogens (tertiary/aromatic N) is 3. The monoisotopic (exact) mass is 221 g/mol. The topological polar surface area (TPSA) is 30.7 Å². The molecular weight excluding hydrogens is 210 g/mol. The van der Waals surface area contributed by atoms with Crippen molar-refractivity contribution in [2.75, 3.05) is 5.88 Å². The standard InChI is InChI=1S/C11H12ClN3/c12-6-3-4-10-8-14-15(9-10)11-5-1-2-7-13-11/h1-2,5,7-9H,3-4,6H2. The quantitative estimate of drug-likeness (QED) is 0.743. The van der Waals surface area contributed by atoms with Crippen LogP contribution in [0.2, 0.25) is 0 Å². The van der Waals surface area contributed by atoms with Crippen LogP contribution in [0.4, 0.5) is 0 Å². The molecule has 78 valence electrons. The van der Waals surface area contributed by atoms with Crippen molar-refractivity contribution in [3.63, 3.8) is 0 Å². The second kappa shape index (κ2) is 4.94. The molecule has 15 heavy (non-hydrogen) atoms. The lowest BCUT2D eigenvalue weighted by molar-refractivity contribution is 0.845. The van der Waals surface area contributed by atoms with Gasteiger partial charge in [0.2, 0.25) is 0 Å². The van der Waals surface area contributed by atoms with E-state index in [9.17, 15) is 0 Å². The van der Waals surface area contributed by atoms with Crippen molar-refractivity contribution < 1.29 is 0 Å². The predicted octanol–water partition coefficient (Wildman–Crippen LogP) is 2.44. The lowest BCUT2D eigenvalue weighted by Gasteiger charge is -1.97. The molecule has 2 heterocycles. The average molecular weight is 222 g/mol. The van der Waals surface area contributed by atoms with Crippen LogP contribution in [0.5, 0.6) is 0 Å². The highest BCUT2D eigenvalue weighted by Gasteiger charge is 2.00. The van der Waals surface area contributed by atoms with Gasteiger partial charge in [-0.2, -0.15) is 5.10 Å². The van der Waals surface area contributed by atoms with Gasteiger partial charge in [0.05, 0.1) is 6.20 Å². The van der Waals surface area contributed by atoms with E-state index in [0.29, 0.717) is 5.88 Å². The molecule has 0 aliphatic rings. The van der Waals surface area contributed by atoms with E-state index in [1.807, 2.05) is 30.6 Å². The van der Waals surface area contributed by atoms with E-state index in [1.54, 1.807) is 10.9 Å². The number of rotatable bonds is 4. The number of alkyl halides is 1. The van der Waals surface area contributed by atoms with Gasteiger partial charge in [0.15, 0.2) is 5.82 Å². The first-order chi connectivity index (χ1) is 7.40. The van der Waals surface area contributed by atoms with E-state index < -0.39 is 0 Å². The van der Waals surface area contributed by atoms with Gasteiger partial charge in [-0.3, -0.25) is 0 Å². The van der Waals surface area contributed by atoms with E-state index in [4.69, 9.17) is 11.6 Å². The molecule has 0 unspecified atom stereocenters. The normalized spacial score (nSPS) is 10.5. The Kier molecular flexibility index (Phi) is 3.35. The Bertz CT molecular complexity index is 411. The highest BCUT2D eigenvalue weighted by molar-refractivity contribution is 6.17. The fourth-order valence-corrected chi connectivity index (χ4v) is 1.51. The van der Waals surface area contributed by atoms with Crippen LogP contribution in [0.25, 0.3) is 5.82 Å². The maximum absolute atomic E-state index is 5.64. The van der Waals surface area contributed by atoms with E-state index >= 15 is 0 Å². The smallest absolute Gasteiger partial charge is 0.153 e. The summed E-state index contributed by atoms with van der Waals surface area (Å²) in [6.45, 7) is 0. The molecular formula is C11H12ClN3. The summed E-state index contributed by atoms with van der Waals surface area (Å²) in [5, 5.41) is 4.25. The van der Waals surface area contributed by atoms with Crippen molar-refractivity contribution in [3.8, 4) is 5.82 Å². The fraction of sp³-hybridized carbons (Fsp3) is 0.273. The van der Waals surface area contributed by atoms with Crippen LogP contribution >= 0.6 is 11.6 Å². The highest BCUT2D eigenvalue weighted by atomic mass is 35.5. The molecule has 0 aliphatic carbocycles. The summed E-state index contributed by atoms with van der Waals surface area (Å²) in [7, 11) is 0. The number of pyridine rings is 1. The minimum Gasteiger partial charge on any atom is -0.237 e. The van der Waals surface area contributed by atoms with E-state index in [2.05, 4.69) is 10.1 Å². The number of hydrogen-bond acceptors (Lipinski definition) is 2. The minimum absolute atomic E-state index is 0.689. The second-order valence-electron chi connectivity index (χ2n) is 3.27. The molecule has 0 amide bonds. The molecule has 4 heteroatoms. The van der Waals surface area contributed by atoms with Crippen molar-refractivity contribution in [2.24, 2.45) is 0 Å². The Morgan fingerprint density at radius 3 is 3.00 bits per heavy atom. The maximum atomic E-state index is 5.64. The molecule has 0 saturated heterocycles. The number of hydrogen-bond donors (Lipinski definition) is 0. The van der Waals surface area contributed by atoms with Gasteiger partial charge in [0.25, 0.3) is 0 Å². The maximum Gasteiger partial charge on any atom is 0.153 e. The first-order valence-corrected chi connectivity index (χ1v) is 5.44. The second-order valence-corrected chi connectivity index (χ2v) is 3.65. The summed E-state index contributed by atoms with van der Waals surface area (Å²) in [6.07, 6.45) is 7.57. The molecule has 0 aromatic carbocycles. The Balaban J connectivity index is 2.14. The van der Waals surface area contributed by atoms with Gasteiger partial charge in [-0.15, -0.1) is 11.6 Å². The van der Waals surface area contributed by atoms with Gasteiger partial charge >= 0.3 is 0 Å². The fourth-order valence-electron chi connectivity index (χ4n) is 1.37. The summed E-state index contributed by atoms with van der Waals surface area (Å²) in [5.41, 5.74) is 1.20. The summed E-state index contributed by atoms with van der Waals surface area (Å²) < 4.78 is 1.78. The van der Waals surface area contributed by atoms with Crippen LogP contribution in [-0.2, 0) is 6.42 Å². The SMILES string of the molecule is ClCCCc1cnn(-c2ccccn2)c1. The number of halogens is 1. The van der Waals surface area contributed by atoms with Crippen LogP contribution in [-0.4, -0.2) is 20.6 Å². The Hall–Kier alpha value is -1.35. The molecule has 3 nitrogen and oxygen atoms in total. The number of aromatic nitrogens is 3. The van der Waals surface area contributed by atoms with Crippen molar-refractivity contribution in [1.29, 1.82) is 0 Å². The van der Waals surface area contributed by atoms with Gasteiger partial charge in [-0.05, 0) is 30.5 Å². The van der Waals surface area contributed by atoms with Crippen molar-refractivity contribution in [2.45, 2.75) is 12.8 Å². The van der Waals surface area contributed by atoms with Crippen molar-refractivity contribution >= 4 is 11.6 Å². The van der Waals surface area contributed by atoms with E-state index in [1.165, 1.54) is 5.56 Å². The van der Waals surface area contributed by atoms with Crippen LogP contribution in [0.15, 0.2) is 36.8 Å². The molecule has 0 saturated carbocycles. The third-order valence-corrected chi connectivity index (χ3v) is 2.39. The first-order valence-electron chi connectivity index (χ1n) is 4.91. The molecule has 2 rings (SSSR count). The number of aryl methyl sites for hydroxylation is 1. The summed E-state index contributed by atoms with van der Waals surface area (Å²) in [6, 6.07) is 5.77. The zero-order chi connectivity index (χ0) is 10.5. The summed E-state index contributed by atoms with van der Waals surface area (Å²) in [5.74, 6) is 1.53. The molecule has 0 bridgehead atoms. The minimum atomic E-state index is 0.689.